The van der Waals surface area contributed by atoms with Crippen molar-refractivity contribution in [1.82, 2.24) is 14.7 Å². The van der Waals surface area contributed by atoms with E-state index in [1.165, 1.54) is 31.2 Å². The van der Waals surface area contributed by atoms with Crippen LogP contribution in [0.1, 0.15) is 34.2 Å². The second kappa shape index (κ2) is 9.90. The van der Waals surface area contributed by atoms with Crippen LogP contribution in [0.2, 0.25) is 0 Å². The van der Waals surface area contributed by atoms with Crippen LogP contribution in [-0.4, -0.2) is 45.0 Å². The minimum absolute atomic E-state index is 0.141. The van der Waals surface area contributed by atoms with E-state index in [1.807, 2.05) is 30.3 Å². The zero-order valence-corrected chi connectivity index (χ0v) is 18.8. The van der Waals surface area contributed by atoms with E-state index in [9.17, 15) is 27.6 Å². The summed E-state index contributed by atoms with van der Waals surface area (Å²) in [5.74, 6) is -3.64. The first-order valence-corrected chi connectivity index (χ1v) is 10.4. The molecule has 7 nitrogen and oxygen atoms in total. The highest BCUT2D eigenvalue weighted by atomic mass is 19.4. The van der Waals surface area contributed by atoms with Crippen molar-refractivity contribution in [1.29, 1.82) is 0 Å². The number of benzene rings is 2. The van der Waals surface area contributed by atoms with Gasteiger partial charge in [-0.15, -0.1) is 0 Å². The lowest BCUT2D eigenvalue weighted by atomic mass is 10.1. The SMILES string of the molecule is CCN(Cc1cccc(NC(=O)C(=O)c2c(C)nn(-c3ccccc3)c2C)c1)C(=O)C(F)(F)F. The third-order valence-corrected chi connectivity index (χ3v) is 5.20. The predicted molar refractivity (Wildman–Crippen MR) is 120 cm³/mol. The lowest BCUT2D eigenvalue weighted by molar-refractivity contribution is -0.185. The Morgan fingerprint density at radius 3 is 2.32 bits per heavy atom. The third kappa shape index (κ3) is 5.33. The molecule has 0 aliphatic rings. The maximum absolute atomic E-state index is 12.9. The van der Waals surface area contributed by atoms with Crippen molar-refractivity contribution < 1.29 is 27.6 Å². The fourth-order valence-electron chi connectivity index (χ4n) is 3.57. The second-order valence-electron chi connectivity index (χ2n) is 7.59. The van der Waals surface area contributed by atoms with E-state index in [2.05, 4.69) is 10.4 Å². The highest BCUT2D eigenvalue weighted by Crippen LogP contribution is 2.22. The molecule has 0 atom stereocenters. The lowest BCUT2D eigenvalue weighted by Gasteiger charge is -2.22. The summed E-state index contributed by atoms with van der Waals surface area (Å²) in [4.78, 5) is 37.8. The Kier molecular flexibility index (Phi) is 7.19. The summed E-state index contributed by atoms with van der Waals surface area (Å²) in [6.45, 7) is 4.32. The molecular formula is C24H23F3N4O3. The molecular weight excluding hydrogens is 449 g/mol. The molecule has 1 N–H and O–H groups in total. The van der Waals surface area contributed by atoms with E-state index in [4.69, 9.17) is 0 Å². The largest absolute Gasteiger partial charge is 0.471 e. The normalized spacial score (nSPS) is 11.2. The Balaban J connectivity index is 1.77. The monoisotopic (exact) mass is 472 g/mol. The molecule has 2 aromatic carbocycles. The average Bonchev–Trinajstić information content (AvgIpc) is 3.10. The lowest BCUT2D eigenvalue weighted by Crippen LogP contribution is -2.40. The minimum Gasteiger partial charge on any atom is -0.331 e. The number of carbonyl (C=O) groups excluding carboxylic acids is 3. The molecule has 0 radical (unpaired) electrons. The predicted octanol–water partition coefficient (Wildman–Crippen LogP) is 4.22. The number of nitrogens with one attached hydrogen (secondary N) is 1. The number of carbonyl (C=O) groups is 3. The molecule has 0 bridgehead atoms. The topological polar surface area (TPSA) is 84.3 Å². The highest BCUT2D eigenvalue weighted by Gasteiger charge is 2.41. The van der Waals surface area contributed by atoms with Crippen molar-refractivity contribution in [2.45, 2.75) is 33.5 Å². The van der Waals surface area contributed by atoms with Crippen LogP contribution in [0, 0.1) is 13.8 Å². The molecule has 1 aromatic heterocycles. The second-order valence-corrected chi connectivity index (χ2v) is 7.59. The zero-order valence-electron chi connectivity index (χ0n) is 18.8. The van der Waals surface area contributed by atoms with Gasteiger partial charge in [-0.05, 0) is 50.6 Å². The summed E-state index contributed by atoms with van der Waals surface area (Å²) in [5, 5.41) is 6.85. The molecule has 1 heterocycles. The first-order valence-electron chi connectivity index (χ1n) is 10.4. The van der Waals surface area contributed by atoms with Gasteiger partial charge >= 0.3 is 12.1 Å². The number of nitrogens with zero attached hydrogens (tertiary/aromatic N) is 3. The van der Waals surface area contributed by atoms with Crippen LogP contribution in [-0.2, 0) is 16.1 Å². The molecule has 0 aliphatic heterocycles. The number of halogens is 3. The number of aromatic nitrogens is 2. The molecule has 3 aromatic rings. The molecule has 2 amide bonds. The fraction of sp³-hybridized carbons (Fsp3) is 0.250. The molecule has 3 rings (SSSR count). The summed E-state index contributed by atoms with van der Waals surface area (Å²) in [6.07, 6.45) is -4.98. The number of ketones is 1. The Morgan fingerprint density at radius 2 is 1.71 bits per heavy atom. The number of Topliss-reactive ketones (excluding diaryl/α,β-unsaturated/α-hetero) is 1. The van der Waals surface area contributed by atoms with Gasteiger partial charge in [0, 0.05) is 18.8 Å². The van der Waals surface area contributed by atoms with E-state index in [0.29, 0.717) is 21.9 Å². The minimum atomic E-state index is -4.98. The first kappa shape index (κ1) is 24.7. The maximum atomic E-state index is 12.9. The van der Waals surface area contributed by atoms with Crippen molar-refractivity contribution in [2.75, 3.05) is 11.9 Å². The van der Waals surface area contributed by atoms with Gasteiger partial charge in [0.1, 0.15) is 0 Å². The van der Waals surface area contributed by atoms with Crippen LogP contribution in [0.4, 0.5) is 18.9 Å². The van der Waals surface area contributed by atoms with Crippen molar-refractivity contribution in [3.63, 3.8) is 0 Å². The number of rotatable bonds is 7. The number of amides is 2. The van der Waals surface area contributed by atoms with Crippen LogP contribution in [0.15, 0.2) is 54.6 Å². The Bertz CT molecular complexity index is 1220. The quantitative estimate of drug-likeness (QED) is 0.412. The van der Waals surface area contributed by atoms with Crippen LogP contribution in [0.5, 0.6) is 0 Å². The van der Waals surface area contributed by atoms with Gasteiger partial charge in [-0.1, -0.05) is 30.3 Å². The molecule has 178 valence electrons. The number of hydrogen-bond donors (Lipinski definition) is 1. The van der Waals surface area contributed by atoms with E-state index in [0.717, 1.165) is 5.69 Å². The molecule has 0 unspecified atom stereocenters. The van der Waals surface area contributed by atoms with E-state index < -0.39 is 23.8 Å². The summed E-state index contributed by atoms with van der Waals surface area (Å²) < 4.78 is 39.9. The molecule has 0 aliphatic carbocycles. The summed E-state index contributed by atoms with van der Waals surface area (Å²) in [5.41, 5.74) is 2.39. The van der Waals surface area contributed by atoms with Crippen LogP contribution < -0.4 is 5.32 Å². The van der Waals surface area contributed by atoms with Gasteiger partial charge < -0.3 is 10.2 Å². The number of alkyl halides is 3. The third-order valence-electron chi connectivity index (χ3n) is 5.20. The average molecular weight is 472 g/mol. The number of aryl methyl sites for hydroxylation is 1. The Labute approximate surface area is 194 Å². The highest BCUT2D eigenvalue weighted by molar-refractivity contribution is 6.47. The number of hydrogen-bond acceptors (Lipinski definition) is 4. The van der Waals surface area contributed by atoms with Crippen molar-refractivity contribution in [2.24, 2.45) is 0 Å². The fourth-order valence-corrected chi connectivity index (χ4v) is 3.57. The smallest absolute Gasteiger partial charge is 0.331 e. The molecule has 0 saturated heterocycles. The van der Waals surface area contributed by atoms with Crippen LogP contribution in [0.3, 0.4) is 0 Å². The first-order chi connectivity index (χ1) is 16.0. The van der Waals surface area contributed by atoms with Crippen molar-refractivity contribution in [3.8, 4) is 5.69 Å². The standard InChI is InChI=1S/C24H23F3N4O3/c1-4-30(23(34)24(25,26)27)14-17-9-8-10-18(13-17)28-22(33)21(32)20-15(2)29-31(16(20)3)19-11-6-5-7-12-19/h5-13H,4,14H2,1-3H3,(H,28,33). The van der Waals surface area contributed by atoms with E-state index in [1.54, 1.807) is 18.5 Å². The van der Waals surface area contributed by atoms with Crippen molar-refractivity contribution >= 4 is 23.3 Å². The van der Waals surface area contributed by atoms with Crippen LogP contribution in [0.25, 0.3) is 5.69 Å². The van der Waals surface area contributed by atoms with Crippen LogP contribution >= 0.6 is 0 Å². The van der Waals surface area contributed by atoms with Gasteiger partial charge in [0.15, 0.2) is 0 Å². The number of para-hydroxylation sites is 1. The van der Waals surface area contributed by atoms with Gasteiger partial charge in [0.25, 0.3) is 11.7 Å². The Hall–Kier alpha value is -3.95. The molecule has 34 heavy (non-hydrogen) atoms. The molecule has 0 saturated carbocycles. The number of anilines is 1. The molecule has 0 fully saturated rings. The van der Waals surface area contributed by atoms with Gasteiger partial charge in [-0.3, -0.25) is 14.4 Å². The van der Waals surface area contributed by atoms with Gasteiger partial charge in [-0.25, -0.2) is 4.68 Å². The zero-order chi connectivity index (χ0) is 25.0. The van der Waals surface area contributed by atoms with E-state index in [-0.39, 0.29) is 24.3 Å². The van der Waals surface area contributed by atoms with Gasteiger partial charge in [0.05, 0.1) is 22.6 Å². The maximum Gasteiger partial charge on any atom is 0.471 e. The van der Waals surface area contributed by atoms with Gasteiger partial charge in [-0.2, -0.15) is 18.3 Å². The van der Waals surface area contributed by atoms with Crippen molar-refractivity contribution in [3.05, 3.63) is 77.1 Å². The summed E-state index contributed by atoms with van der Waals surface area (Å²) in [7, 11) is 0. The summed E-state index contributed by atoms with van der Waals surface area (Å²) in [6, 6.07) is 15.1. The molecule has 10 heteroatoms. The molecule has 0 spiro atoms. The Morgan fingerprint density at radius 1 is 1.03 bits per heavy atom. The van der Waals surface area contributed by atoms with E-state index >= 15 is 0 Å². The van der Waals surface area contributed by atoms with Gasteiger partial charge in [0.2, 0.25) is 0 Å². The summed E-state index contributed by atoms with van der Waals surface area (Å²) >= 11 is 0.